The van der Waals surface area contributed by atoms with Gasteiger partial charge in [-0.3, -0.25) is 9.78 Å². The largest absolute Gasteiger partial charge is 0.398 e. The summed E-state index contributed by atoms with van der Waals surface area (Å²) in [7, 11) is 1.64. The molecular weight excluding hydrogens is 242 g/mol. The van der Waals surface area contributed by atoms with Crippen LogP contribution in [0, 0.1) is 5.92 Å². The molecule has 0 bridgehead atoms. The van der Waals surface area contributed by atoms with Crippen LogP contribution in [-0.4, -0.2) is 42.1 Å². The SMILES string of the molecule is COCCN(C(=O)c1cnccc1N)C(C)C1CC1. The van der Waals surface area contributed by atoms with E-state index in [1.807, 2.05) is 4.90 Å². The molecule has 0 aliphatic heterocycles. The van der Waals surface area contributed by atoms with Gasteiger partial charge in [0, 0.05) is 37.8 Å². The number of amides is 1. The summed E-state index contributed by atoms with van der Waals surface area (Å²) < 4.78 is 5.10. The minimum Gasteiger partial charge on any atom is -0.398 e. The summed E-state index contributed by atoms with van der Waals surface area (Å²) in [4.78, 5) is 18.4. The Morgan fingerprint density at radius 2 is 2.37 bits per heavy atom. The lowest BCUT2D eigenvalue weighted by Gasteiger charge is -2.29. The highest BCUT2D eigenvalue weighted by Gasteiger charge is 2.34. The van der Waals surface area contributed by atoms with Crippen LogP contribution in [0.5, 0.6) is 0 Å². The fourth-order valence-electron chi connectivity index (χ4n) is 2.25. The number of anilines is 1. The normalized spacial score (nSPS) is 16.1. The van der Waals surface area contributed by atoms with Gasteiger partial charge < -0.3 is 15.4 Å². The molecule has 0 radical (unpaired) electrons. The highest BCUT2D eigenvalue weighted by molar-refractivity contribution is 5.98. The van der Waals surface area contributed by atoms with Crippen molar-refractivity contribution >= 4 is 11.6 Å². The van der Waals surface area contributed by atoms with Crippen molar-refractivity contribution in [2.75, 3.05) is 26.0 Å². The molecule has 1 fully saturated rings. The Balaban J connectivity index is 2.17. The van der Waals surface area contributed by atoms with Gasteiger partial charge in [-0.05, 0) is 31.7 Å². The third kappa shape index (κ3) is 3.23. The van der Waals surface area contributed by atoms with Crippen LogP contribution >= 0.6 is 0 Å². The van der Waals surface area contributed by atoms with E-state index in [2.05, 4.69) is 11.9 Å². The molecule has 19 heavy (non-hydrogen) atoms. The van der Waals surface area contributed by atoms with Gasteiger partial charge in [-0.15, -0.1) is 0 Å². The first-order valence-electron chi connectivity index (χ1n) is 6.64. The lowest BCUT2D eigenvalue weighted by Crippen LogP contribution is -2.42. The van der Waals surface area contributed by atoms with E-state index in [1.54, 1.807) is 19.4 Å². The molecule has 104 valence electrons. The molecule has 2 N–H and O–H groups in total. The zero-order chi connectivity index (χ0) is 13.8. The molecule has 5 heteroatoms. The molecule has 1 atom stereocenters. The van der Waals surface area contributed by atoms with E-state index in [1.165, 1.54) is 19.0 Å². The van der Waals surface area contributed by atoms with E-state index in [-0.39, 0.29) is 11.9 Å². The van der Waals surface area contributed by atoms with Crippen molar-refractivity contribution < 1.29 is 9.53 Å². The number of carbonyl (C=O) groups excluding carboxylic acids is 1. The van der Waals surface area contributed by atoms with Crippen LogP contribution in [0.1, 0.15) is 30.1 Å². The Hall–Kier alpha value is -1.62. The summed E-state index contributed by atoms with van der Waals surface area (Å²) in [5.41, 5.74) is 6.82. The first-order chi connectivity index (χ1) is 9.15. The molecule has 1 heterocycles. The van der Waals surface area contributed by atoms with E-state index in [0.29, 0.717) is 30.3 Å². The number of nitrogens with two attached hydrogens (primary N) is 1. The molecule has 5 nitrogen and oxygen atoms in total. The number of carbonyl (C=O) groups is 1. The van der Waals surface area contributed by atoms with E-state index in [0.717, 1.165) is 0 Å². The fourth-order valence-corrected chi connectivity index (χ4v) is 2.25. The van der Waals surface area contributed by atoms with Gasteiger partial charge in [-0.1, -0.05) is 0 Å². The zero-order valence-electron chi connectivity index (χ0n) is 11.5. The quantitative estimate of drug-likeness (QED) is 0.845. The average molecular weight is 263 g/mol. The van der Waals surface area contributed by atoms with Crippen LogP contribution in [0.2, 0.25) is 0 Å². The Morgan fingerprint density at radius 1 is 1.63 bits per heavy atom. The third-order valence-electron chi connectivity index (χ3n) is 3.68. The number of aromatic nitrogens is 1. The van der Waals surface area contributed by atoms with Crippen molar-refractivity contribution in [2.24, 2.45) is 5.92 Å². The smallest absolute Gasteiger partial charge is 0.257 e. The van der Waals surface area contributed by atoms with Crippen molar-refractivity contribution in [2.45, 2.75) is 25.8 Å². The number of ether oxygens (including phenoxy) is 1. The summed E-state index contributed by atoms with van der Waals surface area (Å²) in [5.74, 6) is 0.556. The van der Waals surface area contributed by atoms with Gasteiger partial charge in [0.25, 0.3) is 5.91 Å². The lowest BCUT2D eigenvalue weighted by molar-refractivity contribution is 0.0595. The van der Waals surface area contributed by atoms with Gasteiger partial charge in [0.05, 0.1) is 12.2 Å². The summed E-state index contributed by atoms with van der Waals surface area (Å²) in [6.07, 6.45) is 5.52. The van der Waals surface area contributed by atoms with Crippen molar-refractivity contribution in [3.8, 4) is 0 Å². The highest BCUT2D eigenvalue weighted by Crippen LogP contribution is 2.35. The van der Waals surface area contributed by atoms with Crippen LogP contribution in [0.25, 0.3) is 0 Å². The summed E-state index contributed by atoms with van der Waals surface area (Å²) in [6.45, 7) is 3.21. The van der Waals surface area contributed by atoms with Crippen molar-refractivity contribution in [3.05, 3.63) is 24.0 Å². The van der Waals surface area contributed by atoms with Crippen LogP contribution < -0.4 is 5.73 Å². The van der Waals surface area contributed by atoms with E-state index in [9.17, 15) is 4.79 Å². The summed E-state index contributed by atoms with van der Waals surface area (Å²) in [5, 5.41) is 0. The number of rotatable bonds is 6. The molecule has 0 spiro atoms. The standard InChI is InChI=1S/C14H21N3O2/c1-10(11-3-4-11)17(7-8-19-2)14(18)12-9-16-6-5-13(12)15/h5-6,9-11H,3-4,7-8H2,1-2H3,(H2,15,16). The Bertz CT molecular complexity index is 446. The molecule has 0 saturated heterocycles. The van der Waals surface area contributed by atoms with Gasteiger partial charge in [0.1, 0.15) is 0 Å². The Kier molecular flexibility index (Phi) is 4.37. The Morgan fingerprint density at radius 3 is 2.95 bits per heavy atom. The molecule has 1 aliphatic carbocycles. The van der Waals surface area contributed by atoms with Crippen LogP contribution in [0.15, 0.2) is 18.5 Å². The lowest BCUT2D eigenvalue weighted by atomic mass is 10.1. The van der Waals surface area contributed by atoms with Gasteiger partial charge in [0.2, 0.25) is 0 Å². The number of nitrogen functional groups attached to an aromatic ring is 1. The molecule has 1 amide bonds. The third-order valence-corrected chi connectivity index (χ3v) is 3.68. The molecule has 1 unspecified atom stereocenters. The summed E-state index contributed by atoms with van der Waals surface area (Å²) in [6, 6.07) is 1.88. The van der Waals surface area contributed by atoms with Crippen LogP contribution in [0.3, 0.4) is 0 Å². The number of nitrogens with zero attached hydrogens (tertiary/aromatic N) is 2. The van der Waals surface area contributed by atoms with E-state index < -0.39 is 0 Å². The predicted octanol–water partition coefficient (Wildman–Crippen LogP) is 1.55. The van der Waals surface area contributed by atoms with Crippen LogP contribution in [-0.2, 0) is 4.74 Å². The Labute approximate surface area is 113 Å². The average Bonchev–Trinajstić information content (AvgIpc) is 3.23. The molecule has 1 aromatic heterocycles. The number of methoxy groups -OCH3 is 1. The fraction of sp³-hybridized carbons (Fsp3) is 0.571. The topological polar surface area (TPSA) is 68.5 Å². The molecular formula is C14H21N3O2. The second-order valence-corrected chi connectivity index (χ2v) is 5.03. The number of hydrogen-bond donors (Lipinski definition) is 1. The second kappa shape index (κ2) is 6.02. The van der Waals surface area contributed by atoms with Crippen molar-refractivity contribution in [1.29, 1.82) is 0 Å². The highest BCUT2D eigenvalue weighted by atomic mass is 16.5. The molecule has 0 aromatic carbocycles. The van der Waals surface area contributed by atoms with E-state index in [4.69, 9.17) is 10.5 Å². The molecule has 1 aromatic rings. The second-order valence-electron chi connectivity index (χ2n) is 5.03. The monoisotopic (exact) mass is 263 g/mol. The molecule has 1 saturated carbocycles. The van der Waals surface area contributed by atoms with Gasteiger partial charge in [-0.2, -0.15) is 0 Å². The number of pyridine rings is 1. The molecule has 2 rings (SSSR count). The minimum atomic E-state index is -0.0537. The van der Waals surface area contributed by atoms with Crippen molar-refractivity contribution in [3.63, 3.8) is 0 Å². The summed E-state index contributed by atoms with van der Waals surface area (Å²) >= 11 is 0. The van der Waals surface area contributed by atoms with Gasteiger partial charge in [-0.25, -0.2) is 0 Å². The predicted molar refractivity (Wildman–Crippen MR) is 73.7 cm³/mol. The van der Waals surface area contributed by atoms with E-state index >= 15 is 0 Å². The molecule has 1 aliphatic rings. The maximum Gasteiger partial charge on any atom is 0.257 e. The first-order valence-corrected chi connectivity index (χ1v) is 6.64. The van der Waals surface area contributed by atoms with Crippen LogP contribution in [0.4, 0.5) is 5.69 Å². The van der Waals surface area contributed by atoms with Gasteiger partial charge in [0.15, 0.2) is 0 Å². The zero-order valence-corrected chi connectivity index (χ0v) is 11.5. The minimum absolute atomic E-state index is 0.0537. The maximum absolute atomic E-state index is 12.6. The van der Waals surface area contributed by atoms with Gasteiger partial charge >= 0.3 is 0 Å². The maximum atomic E-state index is 12.6. The first kappa shape index (κ1) is 13.8. The number of hydrogen-bond acceptors (Lipinski definition) is 4. The van der Waals surface area contributed by atoms with Crippen molar-refractivity contribution in [1.82, 2.24) is 9.88 Å².